The average molecular weight is 155 g/mol. The zero-order valence-corrected chi connectivity index (χ0v) is 7.76. The first-order valence-electron chi connectivity index (χ1n) is 3.72. The summed E-state index contributed by atoms with van der Waals surface area (Å²) in [6, 6.07) is 0. The smallest absolute Gasteiger partial charge is 0.0827 e. The fourth-order valence-corrected chi connectivity index (χ4v) is 0.659. The monoisotopic (exact) mass is 155 g/mol. The minimum atomic E-state index is -0.456. The summed E-state index contributed by atoms with van der Waals surface area (Å²) >= 11 is 0. The maximum atomic E-state index is 9.56. The number of hydrogen-bond donors (Lipinski definition) is 1. The van der Waals surface area contributed by atoms with E-state index in [1.807, 2.05) is 32.8 Å². The van der Waals surface area contributed by atoms with Crippen LogP contribution in [0.1, 0.15) is 20.3 Å². The molecule has 0 aliphatic rings. The summed E-state index contributed by atoms with van der Waals surface area (Å²) in [5, 5.41) is 9.56. The summed E-state index contributed by atoms with van der Waals surface area (Å²) in [7, 11) is 3.86. The molecule has 0 amide bonds. The molecule has 0 heterocycles. The first-order chi connectivity index (χ1) is 4.92. The standard InChI is InChI=1S/C9H17NO/c1-6-7-8(11)9(2,3)10(4)5/h1,8,11H,7H2,2-5H3. The Hall–Kier alpha value is -0.520. The molecule has 0 aromatic heterocycles. The summed E-state index contributed by atoms with van der Waals surface area (Å²) in [5.74, 6) is 2.45. The number of hydrogen-bond acceptors (Lipinski definition) is 2. The highest BCUT2D eigenvalue weighted by Crippen LogP contribution is 2.17. The summed E-state index contributed by atoms with van der Waals surface area (Å²) in [6.45, 7) is 3.93. The predicted molar refractivity (Wildman–Crippen MR) is 47.2 cm³/mol. The van der Waals surface area contributed by atoms with Gasteiger partial charge in [-0.3, -0.25) is 0 Å². The topological polar surface area (TPSA) is 23.5 Å². The van der Waals surface area contributed by atoms with Gasteiger partial charge in [0.25, 0.3) is 0 Å². The Morgan fingerprint density at radius 1 is 1.55 bits per heavy atom. The normalized spacial score (nSPS) is 14.6. The third-order valence-corrected chi connectivity index (χ3v) is 2.28. The zero-order valence-electron chi connectivity index (χ0n) is 7.76. The summed E-state index contributed by atoms with van der Waals surface area (Å²) < 4.78 is 0. The molecule has 0 spiro atoms. The van der Waals surface area contributed by atoms with Gasteiger partial charge in [-0.25, -0.2) is 0 Å². The van der Waals surface area contributed by atoms with E-state index >= 15 is 0 Å². The van der Waals surface area contributed by atoms with E-state index in [2.05, 4.69) is 5.92 Å². The zero-order chi connectivity index (χ0) is 9.07. The summed E-state index contributed by atoms with van der Waals surface area (Å²) in [5.41, 5.74) is -0.244. The van der Waals surface area contributed by atoms with E-state index in [-0.39, 0.29) is 5.54 Å². The van der Waals surface area contributed by atoms with Gasteiger partial charge in [0.1, 0.15) is 0 Å². The van der Waals surface area contributed by atoms with Crippen molar-refractivity contribution in [3.8, 4) is 12.3 Å². The van der Waals surface area contributed by atoms with Gasteiger partial charge in [-0.2, -0.15) is 0 Å². The molecule has 0 radical (unpaired) electrons. The van der Waals surface area contributed by atoms with Crippen LogP contribution in [0.5, 0.6) is 0 Å². The van der Waals surface area contributed by atoms with Gasteiger partial charge in [0.15, 0.2) is 0 Å². The Morgan fingerprint density at radius 2 is 2.00 bits per heavy atom. The first-order valence-corrected chi connectivity index (χ1v) is 3.72. The van der Waals surface area contributed by atoms with Gasteiger partial charge in [0.05, 0.1) is 6.10 Å². The second kappa shape index (κ2) is 3.75. The molecular formula is C9H17NO. The van der Waals surface area contributed by atoms with Crippen molar-refractivity contribution in [2.75, 3.05) is 14.1 Å². The lowest BCUT2D eigenvalue weighted by atomic mass is 9.94. The Morgan fingerprint density at radius 3 is 2.27 bits per heavy atom. The number of aliphatic hydroxyl groups excluding tert-OH is 1. The molecule has 64 valence electrons. The van der Waals surface area contributed by atoms with Crippen LogP contribution in [0.15, 0.2) is 0 Å². The van der Waals surface area contributed by atoms with Gasteiger partial charge in [-0.1, -0.05) is 0 Å². The van der Waals surface area contributed by atoms with Crippen molar-refractivity contribution in [2.24, 2.45) is 0 Å². The molecule has 0 aromatic rings. The van der Waals surface area contributed by atoms with E-state index in [0.717, 1.165) is 0 Å². The lowest BCUT2D eigenvalue weighted by Gasteiger charge is -2.36. The quantitative estimate of drug-likeness (QED) is 0.607. The molecule has 11 heavy (non-hydrogen) atoms. The Bertz CT molecular complexity index is 155. The van der Waals surface area contributed by atoms with Crippen molar-refractivity contribution in [1.29, 1.82) is 0 Å². The van der Waals surface area contributed by atoms with E-state index in [1.165, 1.54) is 0 Å². The van der Waals surface area contributed by atoms with E-state index in [4.69, 9.17) is 6.42 Å². The van der Waals surface area contributed by atoms with Gasteiger partial charge >= 0.3 is 0 Å². The van der Waals surface area contributed by atoms with Crippen LogP contribution in [0.4, 0.5) is 0 Å². The van der Waals surface area contributed by atoms with E-state index in [9.17, 15) is 5.11 Å². The number of likely N-dealkylation sites (N-methyl/N-ethyl adjacent to an activating group) is 1. The first kappa shape index (κ1) is 10.5. The van der Waals surface area contributed by atoms with Crippen LogP contribution in [0.3, 0.4) is 0 Å². The van der Waals surface area contributed by atoms with Crippen LogP contribution in [0, 0.1) is 12.3 Å². The fourth-order valence-electron chi connectivity index (χ4n) is 0.659. The molecule has 1 unspecified atom stereocenters. The highest BCUT2D eigenvalue weighted by Gasteiger charge is 2.28. The largest absolute Gasteiger partial charge is 0.390 e. The van der Waals surface area contributed by atoms with Crippen molar-refractivity contribution < 1.29 is 5.11 Å². The lowest BCUT2D eigenvalue weighted by molar-refractivity contribution is 0.0214. The molecule has 0 aromatic carbocycles. The average Bonchev–Trinajstić information content (AvgIpc) is 1.88. The van der Waals surface area contributed by atoms with Crippen molar-refractivity contribution in [1.82, 2.24) is 4.90 Å². The van der Waals surface area contributed by atoms with Crippen LogP contribution in [-0.4, -0.2) is 35.7 Å². The van der Waals surface area contributed by atoms with E-state index in [0.29, 0.717) is 6.42 Å². The summed E-state index contributed by atoms with van der Waals surface area (Å²) in [4.78, 5) is 1.97. The minimum absolute atomic E-state index is 0.244. The number of terminal acetylenes is 1. The minimum Gasteiger partial charge on any atom is -0.390 e. The molecular weight excluding hydrogens is 138 g/mol. The molecule has 0 rings (SSSR count). The van der Waals surface area contributed by atoms with Crippen molar-refractivity contribution in [3.05, 3.63) is 0 Å². The fraction of sp³-hybridized carbons (Fsp3) is 0.778. The highest BCUT2D eigenvalue weighted by atomic mass is 16.3. The Labute approximate surface area is 69.2 Å². The molecule has 0 aliphatic carbocycles. The van der Waals surface area contributed by atoms with E-state index in [1.54, 1.807) is 0 Å². The van der Waals surface area contributed by atoms with Gasteiger partial charge < -0.3 is 10.0 Å². The third-order valence-electron chi connectivity index (χ3n) is 2.28. The van der Waals surface area contributed by atoms with Crippen molar-refractivity contribution in [3.63, 3.8) is 0 Å². The maximum Gasteiger partial charge on any atom is 0.0827 e. The maximum absolute atomic E-state index is 9.56. The van der Waals surface area contributed by atoms with Crippen LogP contribution in [0.2, 0.25) is 0 Å². The second-order valence-electron chi connectivity index (χ2n) is 3.47. The van der Waals surface area contributed by atoms with Gasteiger partial charge in [-0.05, 0) is 27.9 Å². The molecule has 0 aliphatic heterocycles. The molecule has 0 bridgehead atoms. The number of rotatable bonds is 3. The number of nitrogens with zero attached hydrogens (tertiary/aromatic N) is 1. The third kappa shape index (κ3) is 2.53. The predicted octanol–water partition coefficient (Wildman–Crippen LogP) is 0.711. The van der Waals surface area contributed by atoms with Crippen molar-refractivity contribution >= 4 is 0 Å². The van der Waals surface area contributed by atoms with Crippen LogP contribution in [0.25, 0.3) is 0 Å². The molecule has 0 fully saturated rings. The molecule has 1 atom stereocenters. The number of aliphatic hydroxyl groups is 1. The van der Waals surface area contributed by atoms with Crippen molar-refractivity contribution in [2.45, 2.75) is 31.9 Å². The van der Waals surface area contributed by atoms with Crippen LogP contribution >= 0.6 is 0 Å². The molecule has 2 heteroatoms. The molecule has 0 saturated carbocycles. The Kier molecular flexibility index (Phi) is 3.57. The molecule has 1 N–H and O–H groups in total. The molecule has 0 saturated heterocycles. The van der Waals surface area contributed by atoms with Crippen LogP contribution in [-0.2, 0) is 0 Å². The van der Waals surface area contributed by atoms with Gasteiger partial charge in [0.2, 0.25) is 0 Å². The van der Waals surface area contributed by atoms with Gasteiger partial charge in [0, 0.05) is 12.0 Å². The summed E-state index contributed by atoms with van der Waals surface area (Å²) in [6.07, 6.45) is 5.05. The van der Waals surface area contributed by atoms with Crippen LogP contribution < -0.4 is 0 Å². The SMILES string of the molecule is C#CCC(O)C(C)(C)N(C)C. The highest BCUT2D eigenvalue weighted by molar-refractivity contribution is 4.95. The second-order valence-corrected chi connectivity index (χ2v) is 3.47. The van der Waals surface area contributed by atoms with Gasteiger partial charge in [-0.15, -0.1) is 12.3 Å². The molecule has 2 nitrogen and oxygen atoms in total. The lowest BCUT2D eigenvalue weighted by Crippen LogP contribution is -2.48. The van der Waals surface area contributed by atoms with E-state index < -0.39 is 6.10 Å². The Balaban J connectivity index is 4.19.